The summed E-state index contributed by atoms with van der Waals surface area (Å²) in [6.45, 7) is 0.0491. The van der Waals surface area contributed by atoms with Crippen LogP contribution in [-0.2, 0) is 19.1 Å². The monoisotopic (exact) mass is 508 g/mol. The fraction of sp³-hybridized carbons (Fsp3) is 0.250. The van der Waals surface area contributed by atoms with Crippen molar-refractivity contribution in [2.45, 2.75) is 25.6 Å². The normalized spacial score (nSPS) is 16.0. The molecule has 0 saturated carbocycles. The lowest BCUT2D eigenvalue weighted by Crippen LogP contribution is -2.46. The first-order valence-electron chi connectivity index (χ1n) is 11.0. The van der Waals surface area contributed by atoms with Gasteiger partial charge in [0.25, 0.3) is 5.91 Å². The third-order valence-electron chi connectivity index (χ3n) is 6.25. The lowest BCUT2D eigenvalue weighted by Gasteiger charge is -2.40. The topological polar surface area (TPSA) is 68.4 Å². The Morgan fingerprint density at radius 3 is 2.36 bits per heavy atom. The highest BCUT2D eigenvalue weighted by atomic mass is 19.4. The van der Waals surface area contributed by atoms with Gasteiger partial charge in [-0.1, -0.05) is 0 Å². The number of pyridine rings is 1. The molecule has 3 heterocycles. The molecule has 6 nitrogen and oxygen atoms in total. The maximum absolute atomic E-state index is 14.9. The SMILES string of the molecule is O=C1c2cc(F)c(C(F)(F)F)cc2N2CN1c1ccc(=O)[nH]c1CNCCCc1c2ccc(F)c1F. The van der Waals surface area contributed by atoms with Gasteiger partial charge in [-0.3, -0.25) is 14.5 Å². The Balaban J connectivity index is 1.80. The molecule has 2 aliphatic rings. The van der Waals surface area contributed by atoms with E-state index in [4.69, 9.17) is 0 Å². The van der Waals surface area contributed by atoms with Crippen LogP contribution in [0, 0.1) is 17.5 Å². The number of H-pyrrole nitrogens is 1. The molecule has 0 spiro atoms. The van der Waals surface area contributed by atoms with Gasteiger partial charge in [0, 0.05) is 23.9 Å². The minimum absolute atomic E-state index is 0.0250. The molecule has 36 heavy (non-hydrogen) atoms. The molecule has 12 heteroatoms. The third-order valence-corrected chi connectivity index (χ3v) is 6.25. The molecule has 0 atom stereocenters. The van der Waals surface area contributed by atoms with Crippen LogP contribution in [0.2, 0.25) is 0 Å². The molecule has 2 bridgehead atoms. The minimum Gasteiger partial charge on any atom is -0.323 e. The number of carbonyl (C=O) groups excluding carboxylic acids is 1. The average molecular weight is 508 g/mol. The predicted octanol–water partition coefficient (Wildman–Crippen LogP) is 4.60. The van der Waals surface area contributed by atoms with Gasteiger partial charge in [-0.25, -0.2) is 13.2 Å². The number of aromatic nitrogens is 1. The van der Waals surface area contributed by atoms with Crippen molar-refractivity contribution in [3.8, 4) is 0 Å². The first kappa shape index (κ1) is 23.9. The van der Waals surface area contributed by atoms with Gasteiger partial charge in [-0.05, 0) is 49.7 Å². The number of hydrogen-bond donors (Lipinski definition) is 2. The zero-order valence-corrected chi connectivity index (χ0v) is 18.5. The van der Waals surface area contributed by atoms with E-state index in [1.165, 1.54) is 23.1 Å². The van der Waals surface area contributed by atoms with Crippen molar-refractivity contribution in [1.29, 1.82) is 0 Å². The first-order valence-corrected chi connectivity index (χ1v) is 11.0. The van der Waals surface area contributed by atoms with Crippen molar-refractivity contribution >= 4 is 23.0 Å². The van der Waals surface area contributed by atoms with Gasteiger partial charge in [-0.2, -0.15) is 13.2 Å². The predicted molar refractivity (Wildman–Crippen MR) is 119 cm³/mol. The zero-order valence-electron chi connectivity index (χ0n) is 18.5. The number of aromatic amines is 1. The van der Waals surface area contributed by atoms with Gasteiger partial charge in [0.15, 0.2) is 11.6 Å². The van der Waals surface area contributed by atoms with Crippen LogP contribution in [0.1, 0.15) is 33.6 Å². The number of carbonyl (C=O) groups is 1. The maximum Gasteiger partial charge on any atom is 0.419 e. The van der Waals surface area contributed by atoms with Gasteiger partial charge in [0.05, 0.1) is 28.2 Å². The van der Waals surface area contributed by atoms with Crippen molar-refractivity contribution < 1.29 is 31.1 Å². The average Bonchev–Trinajstić information content (AvgIpc) is 2.81. The summed E-state index contributed by atoms with van der Waals surface area (Å²) in [5.74, 6) is -4.75. The summed E-state index contributed by atoms with van der Waals surface area (Å²) in [6, 6.07) is 5.61. The Hall–Kier alpha value is -3.80. The Kier molecular flexibility index (Phi) is 5.78. The fourth-order valence-corrected chi connectivity index (χ4v) is 4.57. The highest BCUT2D eigenvalue weighted by molar-refractivity contribution is 6.13. The van der Waals surface area contributed by atoms with Gasteiger partial charge >= 0.3 is 6.18 Å². The van der Waals surface area contributed by atoms with E-state index >= 15 is 0 Å². The van der Waals surface area contributed by atoms with Crippen LogP contribution >= 0.6 is 0 Å². The molecule has 5 rings (SSSR count). The first-order chi connectivity index (χ1) is 17.1. The molecule has 0 aliphatic carbocycles. The molecule has 0 unspecified atom stereocenters. The number of alkyl halides is 3. The molecular formula is C24H18F6N4O2. The number of fused-ring (bicyclic) bond motifs is 8. The lowest BCUT2D eigenvalue weighted by atomic mass is 9.99. The summed E-state index contributed by atoms with van der Waals surface area (Å²) >= 11 is 0. The zero-order chi connectivity index (χ0) is 25.8. The second-order valence-corrected chi connectivity index (χ2v) is 8.48. The molecule has 1 aromatic heterocycles. The lowest BCUT2D eigenvalue weighted by molar-refractivity contribution is -0.139. The summed E-state index contributed by atoms with van der Waals surface area (Å²) in [5.41, 5.74) is -2.20. The Morgan fingerprint density at radius 1 is 0.861 bits per heavy atom. The van der Waals surface area contributed by atoms with Gasteiger partial charge in [0.2, 0.25) is 5.56 Å². The number of nitrogens with zero attached hydrogens (tertiary/aromatic N) is 2. The van der Waals surface area contributed by atoms with Crippen molar-refractivity contribution in [1.82, 2.24) is 10.3 Å². The maximum atomic E-state index is 14.9. The molecule has 2 aromatic carbocycles. The van der Waals surface area contributed by atoms with E-state index in [1.54, 1.807) is 0 Å². The largest absolute Gasteiger partial charge is 0.419 e. The van der Waals surface area contributed by atoms with Crippen LogP contribution in [0.15, 0.2) is 41.2 Å². The van der Waals surface area contributed by atoms with Gasteiger partial charge in [0.1, 0.15) is 12.5 Å². The number of anilines is 3. The van der Waals surface area contributed by atoms with E-state index in [9.17, 15) is 35.9 Å². The van der Waals surface area contributed by atoms with E-state index in [1.807, 2.05) is 0 Å². The number of halogens is 6. The molecular weight excluding hydrogens is 490 g/mol. The van der Waals surface area contributed by atoms with Crippen LogP contribution in [-0.4, -0.2) is 24.1 Å². The van der Waals surface area contributed by atoms with Crippen LogP contribution in [0.25, 0.3) is 0 Å². The number of hydrogen-bond acceptors (Lipinski definition) is 4. The molecule has 2 aliphatic heterocycles. The van der Waals surface area contributed by atoms with E-state index in [0.717, 1.165) is 11.0 Å². The number of benzene rings is 2. The Bertz CT molecular complexity index is 1440. The molecule has 2 N–H and O–H groups in total. The summed E-state index contributed by atoms with van der Waals surface area (Å²) in [7, 11) is 0. The highest BCUT2D eigenvalue weighted by Gasteiger charge is 2.40. The summed E-state index contributed by atoms with van der Waals surface area (Å²) in [6.07, 6.45) is -4.70. The number of rotatable bonds is 0. The molecule has 0 radical (unpaired) electrons. The third kappa shape index (κ3) is 4.00. The van der Waals surface area contributed by atoms with E-state index in [-0.39, 0.29) is 35.6 Å². The Morgan fingerprint density at radius 2 is 1.61 bits per heavy atom. The van der Waals surface area contributed by atoms with Crippen LogP contribution in [0.4, 0.5) is 43.4 Å². The van der Waals surface area contributed by atoms with Crippen LogP contribution < -0.4 is 20.7 Å². The molecule has 1 amide bonds. The van der Waals surface area contributed by atoms with Gasteiger partial charge < -0.3 is 15.2 Å². The smallest absolute Gasteiger partial charge is 0.323 e. The van der Waals surface area contributed by atoms with Crippen molar-refractivity contribution in [2.24, 2.45) is 0 Å². The van der Waals surface area contributed by atoms with Crippen molar-refractivity contribution in [3.05, 3.63) is 86.6 Å². The Labute approximate surface area is 200 Å². The minimum atomic E-state index is -5.06. The number of amides is 1. The quantitative estimate of drug-likeness (QED) is 0.436. The summed E-state index contributed by atoms with van der Waals surface area (Å²) < 4.78 is 84.3. The fourth-order valence-electron chi connectivity index (χ4n) is 4.57. The summed E-state index contributed by atoms with van der Waals surface area (Å²) in [5, 5.41) is 3.07. The summed E-state index contributed by atoms with van der Waals surface area (Å²) in [4.78, 5) is 30.4. The highest BCUT2D eigenvalue weighted by Crippen LogP contribution is 2.43. The molecule has 0 saturated heterocycles. The van der Waals surface area contributed by atoms with Crippen LogP contribution in [0.5, 0.6) is 0 Å². The standard InChI is InChI=1S/C24H18F6N4O2/c25-15-3-4-18-12(22(15)27)2-1-7-31-10-17-19(5-6-21(35)32-17)34-11-33(18)20-9-14(24(28,29)30)16(26)8-13(20)23(34)36/h3-6,8-9,31H,1-2,7,10-11H2,(H,32,35). The van der Waals surface area contributed by atoms with E-state index in [0.29, 0.717) is 30.8 Å². The number of nitrogens with one attached hydrogen (secondary N) is 2. The molecule has 3 aromatic rings. The van der Waals surface area contributed by atoms with Crippen LogP contribution in [0.3, 0.4) is 0 Å². The molecule has 0 fully saturated rings. The molecule has 188 valence electrons. The van der Waals surface area contributed by atoms with E-state index < -0.39 is 52.9 Å². The van der Waals surface area contributed by atoms with Crippen molar-refractivity contribution in [2.75, 3.05) is 23.0 Å². The van der Waals surface area contributed by atoms with Crippen molar-refractivity contribution in [3.63, 3.8) is 0 Å². The second-order valence-electron chi connectivity index (χ2n) is 8.48. The second kappa shape index (κ2) is 8.70. The van der Waals surface area contributed by atoms with Gasteiger partial charge in [-0.15, -0.1) is 0 Å². The van der Waals surface area contributed by atoms with E-state index in [2.05, 4.69) is 10.3 Å².